The van der Waals surface area contributed by atoms with Crippen molar-refractivity contribution in [3.8, 4) is 5.69 Å². The molecule has 1 aliphatic carbocycles. The van der Waals surface area contributed by atoms with Crippen LogP contribution < -0.4 is 10.2 Å². The molecule has 27 heavy (non-hydrogen) atoms. The molecule has 2 aliphatic rings. The highest BCUT2D eigenvalue weighted by atomic mass is 19.3. The lowest BCUT2D eigenvalue weighted by Crippen LogP contribution is -2.54. The standard InChI is InChI=1S/C19H23F2N5O/c1-13-8-24-26(11-13)16-4-6-22-10-17(16)25-7-5-15(19(20,21)12-25)18(27)23-9-14-2-3-14/h4,6,8,10-11,14-15H,2-3,5,7,9,12H2,1H3,(H,23,27). The molecule has 8 heteroatoms. The number of hydrogen-bond acceptors (Lipinski definition) is 4. The number of carbonyl (C=O) groups is 1. The van der Waals surface area contributed by atoms with Crippen molar-refractivity contribution in [3.05, 3.63) is 36.4 Å². The Morgan fingerprint density at radius 3 is 2.78 bits per heavy atom. The van der Waals surface area contributed by atoms with E-state index < -0.39 is 24.3 Å². The number of amides is 1. The van der Waals surface area contributed by atoms with E-state index in [1.54, 1.807) is 34.2 Å². The molecule has 1 unspecified atom stereocenters. The quantitative estimate of drug-likeness (QED) is 0.873. The maximum atomic E-state index is 14.8. The smallest absolute Gasteiger partial charge is 0.276 e. The summed E-state index contributed by atoms with van der Waals surface area (Å²) in [7, 11) is 0. The Labute approximate surface area is 156 Å². The molecule has 1 saturated carbocycles. The lowest BCUT2D eigenvalue weighted by Gasteiger charge is -2.39. The Kier molecular flexibility index (Phi) is 4.57. The summed E-state index contributed by atoms with van der Waals surface area (Å²) >= 11 is 0. The summed E-state index contributed by atoms with van der Waals surface area (Å²) in [6.07, 6.45) is 9.01. The van der Waals surface area contributed by atoms with E-state index in [4.69, 9.17) is 0 Å². The van der Waals surface area contributed by atoms with Crippen LogP contribution in [0.2, 0.25) is 0 Å². The summed E-state index contributed by atoms with van der Waals surface area (Å²) < 4.78 is 31.2. The third-order valence-electron chi connectivity index (χ3n) is 5.25. The number of halogens is 2. The second-order valence-electron chi connectivity index (χ2n) is 7.54. The summed E-state index contributed by atoms with van der Waals surface area (Å²) in [5.74, 6) is -4.43. The summed E-state index contributed by atoms with van der Waals surface area (Å²) in [6.45, 7) is 2.30. The fourth-order valence-corrected chi connectivity index (χ4v) is 3.52. The van der Waals surface area contributed by atoms with Crippen LogP contribution in [0.4, 0.5) is 14.5 Å². The molecular weight excluding hydrogens is 352 g/mol. The highest BCUT2D eigenvalue weighted by Crippen LogP contribution is 2.37. The molecule has 2 aromatic rings. The fourth-order valence-electron chi connectivity index (χ4n) is 3.52. The van der Waals surface area contributed by atoms with Crippen molar-refractivity contribution in [3.63, 3.8) is 0 Å². The molecule has 144 valence electrons. The summed E-state index contributed by atoms with van der Waals surface area (Å²) in [5.41, 5.74) is 2.27. The summed E-state index contributed by atoms with van der Waals surface area (Å²) in [6, 6.07) is 1.76. The number of nitrogens with zero attached hydrogens (tertiary/aromatic N) is 4. The number of rotatable bonds is 5. The van der Waals surface area contributed by atoms with Gasteiger partial charge in [-0.05, 0) is 43.7 Å². The van der Waals surface area contributed by atoms with E-state index in [0.29, 0.717) is 30.4 Å². The molecule has 3 heterocycles. The van der Waals surface area contributed by atoms with Gasteiger partial charge < -0.3 is 10.2 Å². The number of aromatic nitrogens is 3. The van der Waals surface area contributed by atoms with Crippen LogP contribution in [0, 0.1) is 18.8 Å². The molecule has 2 fully saturated rings. The second-order valence-corrected chi connectivity index (χ2v) is 7.54. The molecule has 6 nitrogen and oxygen atoms in total. The van der Waals surface area contributed by atoms with E-state index in [-0.39, 0.29) is 6.42 Å². The summed E-state index contributed by atoms with van der Waals surface area (Å²) in [5, 5.41) is 6.98. The van der Waals surface area contributed by atoms with Crippen LogP contribution in [-0.4, -0.2) is 46.2 Å². The van der Waals surface area contributed by atoms with E-state index in [2.05, 4.69) is 15.4 Å². The van der Waals surface area contributed by atoms with Gasteiger partial charge in [-0.15, -0.1) is 0 Å². The summed E-state index contributed by atoms with van der Waals surface area (Å²) in [4.78, 5) is 17.9. The van der Waals surface area contributed by atoms with Gasteiger partial charge in [0.2, 0.25) is 5.91 Å². The number of pyridine rings is 1. The normalized spacial score (nSPS) is 21.9. The third kappa shape index (κ3) is 3.79. The van der Waals surface area contributed by atoms with Gasteiger partial charge in [-0.1, -0.05) is 0 Å². The van der Waals surface area contributed by atoms with Gasteiger partial charge >= 0.3 is 0 Å². The number of aryl methyl sites for hydroxylation is 1. The van der Waals surface area contributed by atoms with Crippen molar-refractivity contribution < 1.29 is 13.6 Å². The predicted octanol–water partition coefficient (Wildman–Crippen LogP) is 2.56. The first-order valence-electron chi connectivity index (χ1n) is 9.30. The molecule has 1 amide bonds. The Bertz CT molecular complexity index is 833. The van der Waals surface area contributed by atoms with E-state index in [1.165, 1.54) is 0 Å². The van der Waals surface area contributed by atoms with Crippen molar-refractivity contribution in [1.29, 1.82) is 0 Å². The average Bonchev–Trinajstić information content (AvgIpc) is 3.38. The Morgan fingerprint density at radius 2 is 2.11 bits per heavy atom. The lowest BCUT2D eigenvalue weighted by atomic mass is 9.91. The van der Waals surface area contributed by atoms with Gasteiger partial charge in [0.1, 0.15) is 5.92 Å². The van der Waals surface area contributed by atoms with E-state index in [1.807, 2.05) is 13.1 Å². The minimum Gasteiger partial charge on any atom is -0.362 e. The van der Waals surface area contributed by atoms with Gasteiger partial charge in [0.25, 0.3) is 5.92 Å². The molecule has 0 radical (unpaired) electrons. The first-order valence-corrected chi connectivity index (χ1v) is 9.30. The molecule has 2 aromatic heterocycles. The van der Waals surface area contributed by atoms with Gasteiger partial charge in [0.05, 0.1) is 30.3 Å². The zero-order chi connectivity index (χ0) is 19.0. The highest BCUT2D eigenvalue weighted by Gasteiger charge is 2.49. The van der Waals surface area contributed by atoms with E-state index in [9.17, 15) is 13.6 Å². The monoisotopic (exact) mass is 375 g/mol. The van der Waals surface area contributed by atoms with Crippen molar-refractivity contribution in [2.24, 2.45) is 11.8 Å². The number of alkyl halides is 2. The number of hydrogen-bond donors (Lipinski definition) is 1. The van der Waals surface area contributed by atoms with Crippen LogP contribution in [-0.2, 0) is 4.79 Å². The molecule has 1 N–H and O–H groups in total. The maximum Gasteiger partial charge on any atom is 0.276 e. The largest absolute Gasteiger partial charge is 0.362 e. The third-order valence-corrected chi connectivity index (χ3v) is 5.25. The van der Waals surface area contributed by atoms with Crippen LogP contribution >= 0.6 is 0 Å². The topological polar surface area (TPSA) is 63.1 Å². The number of carbonyl (C=O) groups excluding carboxylic acids is 1. The number of piperidine rings is 1. The Hall–Kier alpha value is -2.51. The van der Waals surface area contributed by atoms with Crippen LogP contribution in [0.25, 0.3) is 5.69 Å². The van der Waals surface area contributed by atoms with Crippen molar-refractivity contribution in [2.45, 2.75) is 32.1 Å². The number of anilines is 1. The fraction of sp³-hybridized carbons (Fsp3) is 0.526. The van der Waals surface area contributed by atoms with Crippen molar-refractivity contribution in [2.75, 3.05) is 24.5 Å². The van der Waals surface area contributed by atoms with Crippen molar-refractivity contribution in [1.82, 2.24) is 20.1 Å². The number of nitrogens with one attached hydrogen (secondary N) is 1. The van der Waals surface area contributed by atoms with Gasteiger partial charge in [0.15, 0.2) is 0 Å². The van der Waals surface area contributed by atoms with Crippen LogP contribution in [0.1, 0.15) is 24.8 Å². The lowest BCUT2D eigenvalue weighted by molar-refractivity contribution is -0.141. The molecule has 1 atom stereocenters. The predicted molar refractivity (Wildman–Crippen MR) is 97.1 cm³/mol. The first kappa shape index (κ1) is 17.9. The Morgan fingerprint density at radius 1 is 1.30 bits per heavy atom. The molecule has 0 aromatic carbocycles. The van der Waals surface area contributed by atoms with Crippen LogP contribution in [0.3, 0.4) is 0 Å². The molecule has 1 saturated heterocycles. The van der Waals surface area contributed by atoms with E-state index in [0.717, 1.165) is 18.4 Å². The first-order chi connectivity index (χ1) is 12.9. The zero-order valence-electron chi connectivity index (χ0n) is 15.2. The molecule has 0 spiro atoms. The molecular formula is C19H23F2N5O. The van der Waals surface area contributed by atoms with E-state index >= 15 is 0 Å². The van der Waals surface area contributed by atoms with Gasteiger partial charge in [-0.25, -0.2) is 13.5 Å². The van der Waals surface area contributed by atoms with Crippen LogP contribution in [0.15, 0.2) is 30.9 Å². The zero-order valence-corrected chi connectivity index (χ0v) is 15.2. The average molecular weight is 375 g/mol. The molecule has 1 aliphatic heterocycles. The molecule has 0 bridgehead atoms. The minimum atomic E-state index is -3.10. The molecule has 4 rings (SSSR count). The van der Waals surface area contributed by atoms with Gasteiger partial charge in [-0.3, -0.25) is 9.78 Å². The van der Waals surface area contributed by atoms with Gasteiger partial charge in [0, 0.05) is 25.5 Å². The Balaban J connectivity index is 1.51. The maximum absolute atomic E-state index is 14.8. The van der Waals surface area contributed by atoms with Gasteiger partial charge in [-0.2, -0.15) is 5.10 Å². The van der Waals surface area contributed by atoms with Crippen LogP contribution in [0.5, 0.6) is 0 Å². The minimum absolute atomic E-state index is 0.107. The second kappa shape index (κ2) is 6.90. The van der Waals surface area contributed by atoms with Crippen molar-refractivity contribution >= 4 is 11.6 Å². The SMILES string of the molecule is Cc1cnn(-c2ccncc2N2CCC(C(=O)NCC3CC3)C(F)(F)C2)c1. The highest BCUT2D eigenvalue weighted by molar-refractivity contribution is 5.80.